The highest BCUT2D eigenvalue weighted by atomic mass is 28.3. The lowest BCUT2D eigenvalue weighted by atomic mass is 10.0. The number of fused-ring (bicyclic) bond motifs is 8. The van der Waals surface area contributed by atoms with Crippen LogP contribution in [-0.4, -0.2) is 27.0 Å². The third-order valence-electron chi connectivity index (χ3n) is 13.6. The van der Waals surface area contributed by atoms with Crippen LogP contribution < -0.4 is 15.3 Å². The van der Waals surface area contributed by atoms with Crippen molar-refractivity contribution in [3.05, 3.63) is 224 Å². The first kappa shape index (κ1) is 37.4. The highest BCUT2D eigenvalue weighted by Gasteiger charge is 2.42. The minimum Gasteiger partial charge on any atom is -0.309 e. The van der Waals surface area contributed by atoms with Crippen molar-refractivity contribution in [2.24, 2.45) is 0 Å². The summed E-state index contributed by atoms with van der Waals surface area (Å²) in [5.74, 6) is 0. The first-order valence-electron chi connectivity index (χ1n) is 22.4. The zero-order valence-corrected chi connectivity index (χ0v) is 37.1. The molecule has 13 rings (SSSR count). The molecule has 0 radical (unpaired) electrons. The lowest BCUT2D eigenvalue weighted by Crippen LogP contribution is -2.58. The van der Waals surface area contributed by atoms with Gasteiger partial charge in [-0.25, -0.2) is 4.68 Å². The molecular weight excluding hydrogens is 807 g/mol. The van der Waals surface area contributed by atoms with Crippen molar-refractivity contribution in [2.75, 3.05) is 4.90 Å². The molecule has 12 aromatic rings. The number of hydrogen-bond donors (Lipinski definition) is 0. The van der Waals surface area contributed by atoms with Crippen LogP contribution in [0.2, 0.25) is 13.1 Å². The van der Waals surface area contributed by atoms with Gasteiger partial charge in [-0.3, -0.25) is 0 Å². The summed E-state index contributed by atoms with van der Waals surface area (Å²) in [6, 6.07) is 81.8. The molecule has 0 aliphatic carbocycles. The lowest BCUT2D eigenvalue weighted by molar-refractivity contribution is 0.892. The SMILES string of the molecule is C[Si]1(C)c2cc(-n3c4ccccc4c4ccccc43)ccc2N(c2c(-c3ccccc3)nn(-c3ccccc3)c2-c2ccccc2)c2ccc(-n3c4ccccc4c4ccccc43)cc21. The van der Waals surface area contributed by atoms with Crippen LogP contribution >= 0.6 is 0 Å². The number of hydrogen-bond acceptors (Lipinski definition) is 2. The van der Waals surface area contributed by atoms with Gasteiger partial charge < -0.3 is 14.0 Å². The van der Waals surface area contributed by atoms with Gasteiger partial charge in [0.05, 0.1) is 33.4 Å². The molecule has 0 bridgehead atoms. The second kappa shape index (κ2) is 14.4. The van der Waals surface area contributed by atoms with Gasteiger partial charge >= 0.3 is 0 Å². The zero-order chi connectivity index (χ0) is 43.2. The fraction of sp³-hybridized carbons (Fsp3) is 0.0339. The number of benzene rings is 9. The Labute approximate surface area is 378 Å². The fourth-order valence-corrected chi connectivity index (χ4v) is 13.6. The maximum absolute atomic E-state index is 5.62. The van der Waals surface area contributed by atoms with Crippen molar-refractivity contribution in [3.8, 4) is 39.6 Å². The molecule has 308 valence electrons. The first-order chi connectivity index (χ1) is 32.0. The van der Waals surface area contributed by atoms with E-state index >= 15 is 0 Å². The van der Waals surface area contributed by atoms with E-state index < -0.39 is 8.07 Å². The number of para-hydroxylation sites is 5. The third-order valence-corrected chi connectivity index (χ3v) is 17.1. The molecule has 6 heteroatoms. The number of rotatable bonds is 6. The smallest absolute Gasteiger partial charge is 0.117 e. The molecule has 65 heavy (non-hydrogen) atoms. The van der Waals surface area contributed by atoms with Gasteiger partial charge in [0, 0.05) is 55.4 Å². The molecule has 0 N–H and O–H groups in total. The fourth-order valence-electron chi connectivity index (χ4n) is 10.7. The summed E-state index contributed by atoms with van der Waals surface area (Å²) in [4.78, 5) is 2.55. The Balaban J connectivity index is 1.15. The van der Waals surface area contributed by atoms with Crippen LogP contribution in [0.25, 0.3) is 83.2 Å². The van der Waals surface area contributed by atoms with E-state index in [-0.39, 0.29) is 0 Å². The van der Waals surface area contributed by atoms with E-state index in [0.29, 0.717) is 0 Å². The molecule has 5 nitrogen and oxygen atoms in total. The summed E-state index contributed by atoms with van der Waals surface area (Å²) in [7, 11) is -2.51. The van der Waals surface area contributed by atoms with Crippen LogP contribution in [0.15, 0.2) is 224 Å². The van der Waals surface area contributed by atoms with Crippen molar-refractivity contribution >= 4 is 79.1 Å². The Morgan fingerprint density at radius 2 is 0.754 bits per heavy atom. The van der Waals surface area contributed by atoms with Gasteiger partial charge in [-0.1, -0.05) is 165 Å². The van der Waals surface area contributed by atoms with Crippen LogP contribution in [0.3, 0.4) is 0 Å². The van der Waals surface area contributed by atoms with Crippen LogP contribution in [0.5, 0.6) is 0 Å². The molecule has 0 saturated carbocycles. The van der Waals surface area contributed by atoms with E-state index in [1.54, 1.807) is 0 Å². The molecule has 0 unspecified atom stereocenters. The summed E-state index contributed by atoms with van der Waals surface area (Å²) in [5, 5.41) is 13.4. The van der Waals surface area contributed by atoms with E-state index in [0.717, 1.165) is 45.3 Å². The molecule has 0 spiro atoms. The van der Waals surface area contributed by atoms with Crippen LogP contribution in [0.1, 0.15) is 0 Å². The molecule has 0 atom stereocenters. The topological polar surface area (TPSA) is 30.9 Å². The van der Waals surface area contributed by atoms with Crippen molar-refractivity contribution in [1.29, 1.82) is 0 Å². The van der Waals surface area contributed by atoms with E-state index in [9.17, 15) is 0 Å². The molecule has 0 amide bonds. The average molecular weight is 850 g/mol. The van der Waals surface area contributed by atoms with E-state index in [1.165, 1.54) is 65.4 Å². The highest BCUT2D eigenvalue weighted by molar-refractivity contribution is 7.02. The van der Waals surface area contributed by atoms with E-state index in [1.807, 2.05) is 0 Å². The van der Waals surface area contributed by atoms with Gasteiger partial charge in [0.2, 0.25) is 0 Å². The normalized spacial score (nSPS) is 13.2. The largest absolute Gasteiger partial charge is 0.309 e. The van der Waals surface area contributed by atoms with Crippen molar-refractivity contribution in [2.45, 2.75) is 13.1 Å². The Bertz CT molecular complexity index is 3530. The van der Waals surface area contributed by atoms with Crippen LogP contribution in [-0.2, 0) is 0 Å². The Kier molecular flexibility index (Phi) is 8.29. The second-order valence-electron chi connectivity index (χ2n) is 17.6. The number of aromatic nitrogens is 4. The molecule has 9 aromatic carbocycles. The Morgan fingerprint density at radius 3 is 1.20 bits per heavy atom. The zero-order valence-electron chi connectivity index (χ0n) is 36.1. The first-order valence-corrected chi connectivity index (χ1v) is 25.4. The highest BCUT2D eigenvalue weighted by Crippen LogP contribution is 2.49. The van der Waals surface area contributed by atoms with Gasteiger partial charge in [-0.05, 0) is 83.2 Å². The predicted octanol–water partition coefficient (Wildman–Crippen LogP) is 14.0. The summed E-state index contributed by atoms with van der Waals surface area (Å²) in [5.41, 5.74) is 15.7. The molecule has 3 aromatic heterocycles. The molecule has 1 aliphatic heterocycles. The Hall–Kier alpha value is -8.19. The lowest BCUT2D eigenvalue weighted by Gasteiger charge is -2.42. The van der Waals surface area contributed by atoms with Crippen molar-refractivity contribution in [1.82, 2.24) is 18.9 Å². The van der Waals surface area contributed by atoms with E-state index in [2.05, 4.69) is 256 Å². The van der Waals surface area contributed by atoms with Crippen molar-refractivity contribution in [3.63, 3.8) is 0 Å². The standard InChI is InChI=1S/C59H43N5Si/c1-65(2)55-38-43(61-49-30-16-12-26-45(49)46-27-13-17-31-50(46)61)34-36-53(55)63(54-37-35-44(39-56(54)65)62-51-32-18-14-28-47(51)48-29-15-19-33-52(48)62)59-57(40-20-6-3-7-21-40)60-64(42-24-10-5-11-25-42)58(59)41-22-8-4-9-23-41/h3-39H,1-2H3. The third kappa shape index (κ3) is 5.60. The number of nitrogens with zero attached hydrogens (tertiary/aromatic N) is 5. The maximum atomic E-state index is 5.62. The molecular formula is C59H43N5Si. The molecule has 0 fully saturated rings. The van der Waals surface area contributed by atoms with Gasteiger partial charge in [-0.15, -0.1) is 0 Å². The second-order valence-corrected chi connectivity index (χ2v) is 22.0. The molecule has 1 aliphatic rings. The quantitative estimate of drug-likeness (QED) is 0.156. The monoisotopic (exact) mass is 849 g/mol. The van der Waals surface area contributed by atoms with Crippen LogP contribution in [0.4, 0.5) is 17.1 Å². The minimum atomic E-state index is -2.51. The van der Waals surface area contributed by atoms with Gasteiger partial charge in [0.25, 0.3) is 0 Å². The van der Waals surface area contributed by atoms with E-state index in [4.69, 9.17) is 5.10 Å². The summed E-state index contributed by atoms with van der Waals surface area (Å²) >= 11 is 0. The maximum Gasteiger partial charge on any atom is 0.117 e. The predicted molar refractivity (Wildman–Crippen MR) is 275 cm³/mol. The molecule has 0 saturated heterocycles. The van der Waals surface area contributed by atoms with Gasteiger partial charge in [0.1, 0.15) is 19.5 Å². The van der Waals surface area contributed by atoms with Crippen molar-refractivity contribution < 1.29 is 0 Å². The Morgan fingerprint density at radius 1 is 0.369 bits per heavy atom. The van der Waals surface area contributed by atoms with Gasteiger partial charge in [-0.2, -0.15) is 5.10 Å². The molecule has 4 heterocycles. The summed E-state index contributed by atoms with van der Waals surface area (Å²) in [6.45, 7) is 5.08. The summed E-state index contributed by atoms with van der Waals surface area (Å²) < 4.78 is 7.08. The summed E-state index contributed by atoms with van der Waals surface area (Å²) in [6.07, 6.45) is 0. The number of anilines is 3. The average Bonchev–Trinajstić information content (AvgIpc) is 4.04. The van der Waals surface area contributed by atoms with Gasteiger partial charge in [0.15, 0.2) is 0 Å². The minimum absolute atomic E-state index is 0.921. The van der Waals surface area contributed by atoms with Crippen LogP contribution in [0, 0.1) is 0 Å².